The summed E-state index contributed by atoms with van der Waals surface area (Å²) in [6.07, 6.45) is 5.03. The largest absolute Gasteiger partial charge is 0.478 e. The molecule has 0 saturated carbocycles. The van der Waals surface area contributed by atoms with Crippen LogP contribution in [0.1, 0.15) is 10.4 Å². The van der Waals surface area contributed by atoms with Crippen LogP contribution in [0.15, 0.2) is 47.6 Å². The lowest BCUT2D eigenvalue weighted by molar-refractivity contribution is 0.0696. The molecule has 0 amide bonds. The van der Waals surface area contributed by atoms with Crippen molar-refractivity contribution >= 4 is 17.7 Å². The molecule has 3 nitrogen and oxygen atoms in total. The Hall–Kier alpha value is -1.81. The van der Waals surface area contributed by atoms with E-state index in [2.05, 4.69) is 4.98 Å². The standard InChI is InChI=1S/C13H11NO2S/c1-17-12-5-3-2-4-11(12)9-6-10(13(15)16)8-14-7-9/h2-8H,1H3,(H,15,16). The number of benzene rings is 1. The van der Waals surface area contributed by atoms with Crippen molar-refractivity contribution in [3.05, 3.63) is 48.3 Å². The average Bonchev–Trinajstić information content (AvgIpc) is 2.39. The predicted octanol–water partition coefficient (Wildman–Crippen LogP) is 3.17. The highest BCUT2D eigenvalue weighted by Gasteiger charge is 2.08. The van der Waals surface area contributed by atoms with E-state index < -0.39 is 5.97 Å². The number of carbonyl (C=O) groups is 1. The van der Waals surface area contributed by atoms with Gasteiger partial charge in [-0.3, -0.25) is 4.98 Å². The molecule has 0 aliphatic heterocycles. The van der Waals surface area contributed by atoms with E-state index in [-0.39, 0.29) is 5.56 Å². The van der Waals surface area contributed by atoms with Gasteiger partial charge >= 0.3 is 5.97 Å². The molecule has 2 rings (SSSR count). The van der Waals surface area contributed by atoms with Crippen molar-refractivity contribution in [3.8, 4) is 11.1 Å². The minimum Gasteiger partial charge on any atom is -0.478 e. The van der Waals surface area contributed by atoms with Crippen LogP contribution < -0.4 is 0 Å². The quantitative estimate of drug-likeness (QED) is 0.844. The first-order chi connectivity index (χ1) is 8.22. The highest BCUT2D eigenvalue weighted by molar-refractivity contribution is 7.98. The summed E-state index contributed by atoms with van der Waals surface area (Å²) < 4.78 is 0. The second kappa shape index (κ2) is 5.01. The minimum atomic E-state index is -0.957. The first kappa shape index (κ1) is 11.7. The molecule has 1 heterocycles. The van der Waals surface area contributed by atoms with E-state index >= 15 is 0 Å². The zero-order valence-corrected chi connectivity index (χ0v) is 10.1. The van der Waals surface area contributed by atoms with Gasteiger partial charge in [-0.1, -0.05) is 18.2 Å². The molecular formula is C13H11NO2S. The maximum atomic E-state index is 10.9. The summed E-state index contributed by atoms with van der Waals surface area (Å²) in [5.74, 6) is -0.957. The number of hydrogen-bond donors (Lipinski definition) is 1. The molecule has 0 fully saturated rings. The molecule has 0 spiro atoms. The van der Waals surface area contributed by atoms with Crippen LogP contribution in [0.5, 0.6) is 0 Å². The third-order valence-electron chi connectivity index (χ3n) is 2.40. The van der Waals surface area contributed by atoms with E-state index in [4.69, 9.17) is 5.11 Å². The Balaban J connectivity index is 2.52. The fourth-order valence-corrected chi connectivity index (χ4v) is 2.21. The maximum absolute atomic E-state index is 10.9. The van der Waals surface area contributed by atoms with Crippen LogP contribution in [0, 0.1) is 0 Å². The number of hydrogen-bond acceptors (Lipinski definition) is 3. The number of carboxylic acid groups (broad SMARTS) is 1. The molecule has 0 aliphatic carbocycles. The molecule has 86 valence electrons. The number of thioether (sulfide) groups is 1. The Kier molecular flexibility index (Phi) is 3.44. The lowest BCUT2D eigenvalue weighted by Gasteiger charge is -2.07. The molecule has 0 aliphatic rings. The Morgan fingerprint density at radius 1 is 1.29 bits per heavy atom. The van der Waals surface area contributed by atoms with Crippen LogP contribution in [0.2, 0.25) is 0 Å². The second-order valence-corrected chi connectivity index (χ2v) is 4.32. The Bertz CT molecular complexity index is 555. The van der Waals surface area contributed by atoms with Gasteiger partial charge < -0.3 is 5.11 Å². The van der Waals surface area contributed by atoms with Crippen LogP contribution in [0.3, 0.4) is 0 Å². The molecule has 1 N–H and O–H groups in total. The van der Waals surface area contributed by atoms with Gasteiger partial charge in [0.05, 0.1) is 5.56 Å². The summed E-state index contributed by atoms with van der Waals surface area (Å²) in [4.78, 5) is 16.0. The van der Waals surface area contributed by atoms with Crippen LogP contribution in [0.4, 0.5) is 0 Å². The third-order valence-corrected chi connectivity index (χ3v) is 3.20. The molecule has 17 heavy (non-hydrogen) atoms. The molecule has 0 radical (unpaired) electrons. The Morgan fingerprint density at radius 2 is 2.06 bits per heavy atom. The Morgan fingerprint density at radius 3 is 2.76 bits per heavy atom. The first-order valence-electron chi connectivity index (χ1n) is 5.04. The predicted molar refractivity (Wildman–Crippen MR) is 68.4 cm³/mol. The van der Waals surface area contributed by atoms with Crippen molar-refractivity contribution in [2.45, 2.75) is 4.90 Å². The van der Waals surface area contributed by atoms with E-state index in [1.54, 1.807) is 24.0 Å². The van der Waals surface area contributed by atoms with Gasteiger partial charge in [-0.15, -0.1) is 11.8 Å². The minimum absolute atomic E-state index is 0.207. The second-order valence-electron chi connectivity index (χ2n) is 3.47. The maximum Gasteiger partial charge on any atom is 0.337 e. The number of carboxylic acids is 1. The molecule has 1 aromatic heterocycles. The van der Waals surface area contributed by atoms with Crippen LogP contribution >= 0.6 is 11.8 Å². The number of aromatic nitrogens is 1. The van der Waals surface area contributed by atoms with Gasteiger partial charge in [0.25, 0.3) is 0 Å². The molecule has 0 atom stereocenters. The molecule has 1 aromatic carbocycles. The normalized spacial score (nSPS) is 10.2. The summed E-state index contributed by atoms with van der Waals surface area (Å²) in [6, 6.07) is 9.51. The lowest BCUT2D eigenvalue weighted by Crippen LogP contribution is -1.97. The summed E-state index contributed by atoms with van der Waals surface area (Å²) in [5.41, 5.74) is 2.05. The van der Waals surface area contributed by atoms with E-state index in [0.717, 1.165) is 16.0 Å². The lowest BCUT2D eigenvalue weighted by atomic mass is 10.1. The first-order valence-corrected chi connectivity index (χ1v) is 6.26. The average molecular weight is 245 g/mol. The highest BCUT2D eigenvalue weighted by atomic mass is 32.2. The van der Waals surface area contributed by atoms with Crippen molar-refractivity contribution < 1.29 is 9.90 Å². The van der Waals surface area contributed by atoms with Crippen molar-refractivity contribution in [1.82, 2.24) is 4.98 Å². The van der Waals surface area contributed by atoms with Gasteiger partial charge in [0, 0.05) is 22.9 Å². The molecule has 0 bridgehead atoms. The molecule has 0 unspecified atom stereocenters. The number of aromatic carboxylic acids is 1. The number of nitrogens with zero attached hydrogens (tertiary/aromatic N) is 1. The monoisotopic (exact) mass is 245 g/mol. The zero-order valence-electron chi connectivity index (χ0n) is 9.25. The van der Waals surface area contributed by atoms with Crippen molar-refractivity contribution in [2.24, 2.45) is 0 Å². The van der Waals surface area contributed by atoms with Gasteiger partial charge in [0.2, 0.25) is 0 Å². The van der Waals surface area contributed by atoms with Crippen LogP contribution in [-0.2, 0) is 0 Å². The van der Waals surface area contributed by atoms with E-state index in [9.17, 15) is 4.79 Å². The summed E-state index contributed by atoms with van der Waals surface area (Å²) in [6.45, 7) is 0. The van der Waals surface area contributed by atoms with Gasteiger partial charge in [-0.25, -0.2) is 4.79 Å². The number of pyridine rings is 1. The summed E-state index contributed by atoms with van der Waals surface area (Å²) in [7, 11) is 0. The van der Waals surface area contributed by atoms with Gasteiger partial charge in [-0.05, 0) is 24.0 Å². The zero-order chi connectivity index (χ0) is 12.3. The van der Waals surface area contributed by atoms with E-state index in [0.29, 0.717) is 0 Å². The van der Waals surface area contributed by atoms with E-state index in [1.165, 1.54) is 6.20 Å². The van der Waals surface area contributed by atoms with E-state index in [1.807, 2.05) is 30.5 Å². The molecule has 0 saturated heterocycles. The number of rotatable bonds is 3. The van der Waals surface area contributed by atoms with Crippen LogP contribution in [0.25, 0.3) is 11.1 Å². The SMILES string of the molecule is CSc1ccccc1-c1cncc(C(=O)O)c1. The summed E-state index contributed by atoms with van der Waals surface area (Å²) in [5, 5.41) is 8.94. The topological polar surface area (TPSA) is 50.2 Å². The smallest absolute Gasteiger partial charge is 0.337 e. The van der Waals surface area contributed by atoms with Gasteiger partial charge in [0.15, 0.2) is 0 Å². The summed E-state index contributed by atoms with van der Waals surface area (Å²) >= 11 is 1.63. The molecule has 4 heteroatoms. The van der Waals surface area contributed by atoms with Crippen molar-refractivity contribution in [2.75, 3.05) is 6.26 Å². The van der Waals surface area contributed by atoms with Gasteiger partial charge in [-0.2, -0.15) is 0 Å². The van der Waals surface area contributed by atoms with Crippen LogP contribution in [-0.4, -0.2) is 22.3 Å². The third kappa shape index (κ3) is 2.47. The fraction of sp³-hybridized carbons (Fsp3) is 0.0769. The van der Waals surface area contributed by atoms with Gasteiger partial charge in [0.1, 0.15) is 0 Å². The fourth-order valence-electron chi connectivity index (χ4n) is 1.59. The highest BCUT2D eigenvalue weighted by Crippen LogP contribution is 2.29. The van der Waals surface area contributed by atoms with Crippen molar-refractivity contribution in [1.29, 1.82) is 0 Å². The Labute approximate surface area is 104 Å². The van der Waals surface area contributed by atoms with Crippen molar-refractivity contribution in [3.63, 3.8) is 0 Å². The molecule has 2 aromatic rings. The molecular weight excluding hydrogens is 234 g/mol.